The van der Waals surface area contributed by atoms with Crippen LogP contribution in [-0.4, -0.2) is 41.1 Å². The van der Waals surface area contributed by atoms with Gasteiger partial charge in [0.15, 0.2) is 0 Å². The van der Waals surface area contributed by atoms with Crippen LogP contribution >= 0.6 is 0 Å². The molecule has 3 rings (SSSR count). The Balaban J connectivity index is 1.92. The Hall–Kier alpha value is -1.88. The van der Waals surface area contributed by atoms with E-state index in [0.717, 1.165) is 25.7 Å². The van der Waals surface area contributed by atoms with E-state index in [4.69, 9.17) is 4.74 Å². The molecular weight excluding hydrogens is 316 g/mol. The first-order chi connectivity index (χ1) is 11.9. The largest absolute Gasteiger partial charge is 0.353 e. The third-order valence-electron chi connectivity index (χ3n) is 5.29. The molecule has 1 atom stereocenters. The van der Waals surface area contributed by atoms with Gasteiger partial charge in [-0.15, -0.1) is 0 Å². The molecule has 136 valence electrons. The molecule has 1 aliphatic carbocycles. The SMILES string of the molecule is CC1CCC2(CC1)OC[C@H](C(=O)NC(C)C)N2C(=O)c1ccccc1. The summed E-state index contributed by atoms with van der Waals surface area (Å²) < 4.78 is 6.14. The second-order valence-corrected chi connectivity index (χ2v) is 7.66. The third kappa shape index (κ3) is 3.56. The normalized spacial score (nSPS) is 29.2. The highest BCUT2D eigenvalue weighted by Gasteiger charge is 2.53. The molecule has 1 heterocycles. The van der Waals surface area contributed by atoms with Gasteiger partial charge in [-0.1, -0.05) is 25.1 Å². The minimum atomic E-state index is -0.640. The van der Waals surface area contributed by atoms with Crippen LogP contribution in [0.5, 0.6) is 0 Å². The second kappa shape index (κ2) is 7.16. The van der Waals surface area contributed by atoms with E-state index in [1.807, 2.05) is 32.0 Å². The number of nitrogens with zero attached hydrogens (tertiary/aromatic N) is 1. The molecule has 1 aliphatic heterocycles. The summed E-state index contributed by atoms with van der Waals surface area (Å²) in [7, 11) is 0. The van der Waals surface area contributed by atoms with Crippen LogP contribution in [0, 0.1) is 5.92 Å². The van der Waals surface area contributed by atoms with Gasteiger partial charge < -0.3 is 10.1 Å². The summed E-state index contributed by atoms with van der Waals surface area (Å²) in [5, 5.41) is 2.94. The average molecular weight is 344 g/mol. The van der Waals surface area contributed by atoms with Gasteiger partial charge in [0.05, 0.1) is 6.61 Å². The molecule has 0 unspecified atom stereocenters. The minimum Gasteiger partial charge on any atom is -0.353 e. The summed E-state index contributed by atoms with van der Waals surface area (Å²) in [6.45, 7) is 6.35. The maximum atomic E-state index is 13.3. The molecular formula is C20H28N2O3. The molecule has 1 saturated heterocycles. The van der Waals surface area contributed by atoms with Crippen molar-refractivity contribution < 1.29 is 14.3 Å². The number of ether oxygens (including phenoxy) is 1. The third-order valence-corrected chi connectivity index (χ3v) is 5.29. The van der Waals surface area contributed by atoms with Gasteiger partial charge in [-0.3, -0.25) is 14.5 Å². The van der Waals surface area contributed by atoms with E-state index in [9.17, 15) is 9.59 Å². The second-order valence-electron chi connectivity index (χ2n) is 7.66. The van der Waals surface area contributed by atoms with Crippen molar-refractivity contribution in [3.05, 3.63) is 35.9 Å². The van der Waals surface area contributed by atoms with Crippen molar-refractivity contribution in [2.45, 2.75) is 64.3 Å². The van der Waals surface area contributed by atoms with Crippen LogP contribution in [0.25, 0.3) is 0 Å². The highest BCUT2D eigenvalue weighted by molar-refractivity contribution is 5.98. The van der Waals surface area contributed by atoms with E-state index < -0.39 is 11.8 Å². The number of carbonyl (C=O) groups excluding carboxylic acids is 2. The Labute approximate surface area is 149 Å². The zero-order valence-corrected chi connectivity index (χ0v) is 15.3. The van der Waals surface area contributed by atoms with Gasteiger partial charge in [0.25, 0.3) is 5.91 Å². The number of benzene rings is 1. The molecule has 1 saturated carbocycles. The van der Waals surface area contributed by atoms with Crippen LogP contribution in [-0.2, 0) is 9.53 Å². The molecule has 5 nitrogen and oxygen atoms in total. The van der Waals surface area contributed by atoms with Crippen molar-refractivity contribution in [2.75, 3.05) is 6.61 Å². The Morgan fingerprint density at radius 3 is 2.44 bits per heavy atom. The smallest absolute Gasteiger partial charge is 0.256 e. The molecule has 5 heteroatoms. The van der Waals surface area contributed by atoms with Crippen molar-refractivity contribution in [1.29, 1.82) is 0 Å². The van der Waals surface area contributed by atoms with Crippen LogP contribution in [0.3, 0.4) is 0 Å². The molecule has 1 N–H and O–H groups in total. The molecule has 1 aromatic rings. The molecule has 1 spiro atoms. The van der Waals surface area contributed by atoms with Crippen LogP contribution < -0.4 is 5.32 Å². The molecule has 0 aromatic heterocycles. The summed E-state index contributed by atoms with van der Waals surface area (Å²) in [5.74, 6) is 0.387. The molecule has 25 heavy (non-hydrogen) atoms. The van der Waals surface area contributed by atoms with Crippen LogP contribution in [0.15, 0.2) is 30.3 Å². The van der Waals surface area contributed by atoms with Gasteiger partial charge in [0.2, 0.25) is 5.91 Å². The summed E-state index contributed by atoms with van der Waals surface area (Å²) >= 11 is 0. The number of nitrogens with one attached hydrogen (secondary N) is 1. The van der Waals surface area contributed by atoms with Gasteiger partial charge >= 0.3 is 0 Å². The Morgan fingerprint density at radius 1 is 1.20 bits per heavy atom. The van der Waals surface area contributed by atoms with Gasteiger partial charge in [-0.05, 0) is 57.6 Å². The maximum absolute atomic E-state index is 13.3. The van der Waals surface area contributed by atoms with Crippen LogP contribution in [0.4, 0.5) is 0 Å². The van der Waals surface area contributed by atoms with Gasteiger partial charge in [-0.2, -0.15) is 0 Å². The quantitative estimate of drug-likeness (QED) is 0.917. The van der Waals surface area contributed by atoms with Crippen molar-refractivity contribution in [2.24, 2.45) is 5.92 Å². The average Bonchev–Trinajstić information content (AvgIpc) is 2.96. The first-order valence-corrected chi connectivity index (χ1v) is 9.26. The number of rotatable bonds is 3. The summed E-state index contributed by atoms with van der Waals surface area (Å²) in [4.78, 5) is 27.7. The van der Waals surface area contributed by atoms with Crippen molar-refractivity contribution in [1.82, 2.24) is 10.2 Å². The number of hydrogen-bond donors (Lipinski definition) is 1. The lowest BCUT2D eigenvalue weighted by molar-refractivity contribution is -0.128. The summed E-state index contributed by atoms with van der Waals surface area (Å²) in [6, 6.07) is 8.66. The Kier molecular flexibility index (Phi) is 5.13. The molecule has 1 aromatic carbocycles. The van der Waals surface area contributed by atoms with E-state index in [1.54, 1.807) is 17.0 Å². The Morgan fingerprint density at radius 2 is 1.84 bits per heavy atom. The van der Waals surface area contributed by atoms with Crippen LogP contribution in [0.1, 0.15) is 56.8 Å². The molecule has 0 bridgehead atoms. The van der Waals surface area contributed by atoms with Crippen molar-refractivity contribution >= 4 is 11.8 Å². The molecule has 2 amide bonds. The molecule has 2 aliphatic rings. The monoisotopic (exact) mass is 344 g/mol. The minimum absolute atomic E-state index is 0.0316. The maximum Gasteiger partial charge on any atom is 0.256 e. The lowest BCUT2D eigenvalue weighted by Gasteiger charge is -2.43. The van der Waals surface area contributed by atoms with Crippen molar-refractivity contribution in [3.63, 3.8) is 0 Å². The Bertz CT molecular complexity index is 621. The van der Waals surface area contributed by atoms with E-state index in [0.29, 0.717) is 11.5 Å². The predicted octanol–water partition coefficient (Wildman–Crippen LogP) is 2.96. The fourth-order valence-corrected chi connectivity index (χ4v) is 3.88. The zero-order chi connectivity index (χ0) is 18.0. The highest BCUT2D eigenvalue weighted by Crippen LogP contribution is 2.43. The van der Waals surface area contributed by atoms with Gasteiger partial charge in [0, 0.05) is 11.6 Å². The van der Waals surface area contributed by atoms with E-state index in [-0.39, 0.29) is 24.5 Å². The molecule has 0 radical (unpaired) electrons. The van der Waals surface area contributed by atoms with E-state index in [1.165, 1.54) is 0 Å². The van der Waals surface area contributed by atoms with Gasteiger partial charge in [0.1, 0.15) is 11.8 Å². The fraction of sp³-hybridized carbons (Fsp3) is 0.600. The van der Waals surface area contributed by atoms with E-state index >= 15 is 0 Å². The van der Waals surface area contributed by atoms with Crippen molar-refractivity contribution in [3.8, 4) is 0 Å². The lowest BCUT2D eigenvalue weighted by atomic mass is 9.83. The number of amides is 2. The van der Waals surface area contributed by atoms with E-state index in [2.05, 4.69) is 12.2 Å². The number of carbonyl (C=O) groups is 2. The fourth-order valence-electron chi connectivity index (χ4n) is 3.88. The molecule has 2 fully saturated rings. The standard InChI is InChI=1S/C20H28N2O3/c1-14(2)21-18(23)17-13-25-20(11-9-15(3)10-12-20)22(17)19(24)16-7-5-4-6-8-16/h4-8,14-15,17H,9-13H2,1-3H3,(H,21,23)/t15?,17-,20?/m1/s1. The summed E-state index contributed by atoms with van der Waals surface area (Å²) in [6.07, 6.45) is 3.60. The highest BCUT2D eigenvalue weighted by atomic mass is 16.5. The summed E-state index contributed by atoms with van der Waals surface area (Å²) in [5.41, 5.74) is -0.0355. The number of hydrogen-bond acceptors (Lipinski definition) is 3. The van der Waals surface area contributed by atoms with Crippen LogP contribution in [0.2, 0.25) is 0 Å². The topological polar surface area (TPSA) is 58.6 Å². The lowest BCUT2D eigenvalue weighted by Crippen LogP contribution is -2.57. The van der Waals surface area contributed by atoms with Gasteiger partial charge in [-0.25, -0.2) is 0 Å². The first kappa shape index (κ1) is 17.9. The first-order valence-electron chi connectivity index (χ1n) is 9.26. The zero-order valence-electron chi connectivity index (χ0n) is 15.3. The predicted molar refractivity (Wildman–Crippen MR) is 96.0 cm³/mol.